The molecule has 21 heavy (non-hydrogen) atoms. The molecule has 0 radical (unpaired) electrons. The average Bonchev–Trinajstić information content (AvgIpc) is 2.39. The van der Waals surface area contributed by atoms with Crippen molar-refractivity contribution in [1.82, 2.24) is 14.6 Å². The Balaban J connectivity index is 1.92. The first-order chi connectivity index (χ1) is 9.94. The van der Waals surface area contributed by atoms with Gasteiger partial charge < -0.3 is 0 Å². The van der Waals surface area contributed by atoms with Crippen LogP contribution in [-0.4, -0.2) is 43.7 Å². The van der Waals surface area contributed by atoms with Crippen LogP contribution < -0.4 is 4.72 Å². The van der Waals surface area contributed by atoms with Gasteiger partial charge >= 0.3 is 0 Å². The highest BCUT2D eigenvalue weighted by molar-refractivity contribution is 9.10. The van der Waals surface area contributed by atoms with Gasteiger partial charge in [-0.1, -0.05) is 12.5 Å². The molecule has 0 saturated carbocycles. The first kappa shape index (κ1) is 16.9. The first-order valence-electron chi connectivity index (χ1n) is 7.24. The minimum atomic E-state index is -3.09. The normalized spacial score (nSPS) is 20.6. The fraction of sp³-hybridized carbons (Fsp3) is 0.643. The molecular weight excluding hydrogens is 354 g/mol. The van der Waals surface area contributed by atoms with E-state index in [0.29, 0.717) is 12.6 Å². The predicted molar refractivity (Wildman–Crippen MR) is 87.4 cm³/mol. The van der Waals surface area contributed by atoms with Gasteiger partial charge in [0.05, 0.1) is 11.9 Å². The topological polar surface area (TPSA) is 62.3 Å². The lowest BCUT2D eigenvalue weighted by molar-refractivity contribution is 0.131. The van der Waals surface area contributed by atoms with E-state index in [1.807, 2.05) is 18.2 Å². The summed E-state index contributed by atoms with van der Waals surface area (Å²) >= 11 is 3.40. The first-order valence-corrected chi connectivity index (χ1v) is 9.92. The molecule has 0 spiro atoms. The molecule has 5 nitrogen and oxygen atoms in total. The minimum Gasteiger partial charge on any atom is -0.295 e. The maximum atomic E-state index is 11.1. The summed E-state index contributed by atoms with van der Waals surface area (Å²) in [5, 5.41) is 0. The standard InChI is InChI=1S/C14H22BrN3O2S/c1-21(19,20)16-9-8-13-6-2-3-10-18(13)11-12-5-4-7-14(15)17-12/h4-5,7,13,16H,2-3,6,8-11H2,1H3/t13-/m0/s1. The Hall–Kier alpha value is -0.500. The molecule has 1 saturated heterocycles. The molecule has 1 atom stereocenters. The zero-order valence-corrected chi connectivity index (χ0v) is 14.7. The highest BCUT2D eigenvalue weighted by Crippen LogP contribution is 2.21. The summed E-state index contributed by atoms with van der Waals surface area (Å²) in [5.74, 6) is 0. The van der Waals surface area contributed by atoms with Gasteiger partial charge in [-0.3, -0.25) is 4.90 Å². The molecule has 1 aromatic rings. The summed E-state index contributed by atoms with van der Waals surface area (Å²) in [4.78, 5) is 6.90. The molecule has 2 heterocycles. The van der Waals surface area contributed by atoms with E-state index in [-0.39, 0.29) is 0 Å². The molecule has 0 aromatic carbocycles. The van der Waals surface area contributed by atoms with Crippen LogP contribution in [-0.2, 0) is 16.6 Å². The Morgan fingerprint density at radius 2 is 2.24 bits per heavy atom. The molecule has 0 unspecified atom stereocenters. The second kappa shape index (κ2) is 7.67. The number of piperidine rings is 1. The fourth-order valence-corrected chi connectivity index (χ4v) is 3.62. The third-order valence-electron chi connectivity index (χ3n) is 3.73. The Labute approximate surface area is 135 Å². The molecular formula is C14H22BrN3O2S. The molecule has 1 fully saturated rings. The van der Waals surface area contributed by atoms with Crippen molar-refractivity contribution < 1.29 is 8.42 Å². The highest BCUT2D eigenvalue weighted by atomic mass is 79.9. The average molecular weight is 376 g/mol. The lowest BCUT2D eigenvalue weighted by Crippen LogP contribution is -2.41. The monoisotopic (exact) mass is 375 g/mol. The quantitative estimate of drug-likeness (QED) is 0.773. The summed E-state index contributed by atoms with van der Waals surface area (Å²) in [6.45, 7) is 2.38. The van der Waals surface area contributed by atoms with Crippen LogP contribution in [0.3, 0.4) is 0 Å². The number of rotatable bonds is 6. The Bertz CT molecular complexity index is 565. The second-order valence-corrected chi connectivity index (χ2v) is 8.17. The lowest BCUT2D eigenvalue weighted by atomic mass is 9.99. The zero-order valence-electron chi connectivity index (χ0n) is 12.3. The molecule has 0 bridgehead atoms. The summed E-state index contributed by atoms with van der Waals surface area (Å²) in [7, 11) is -3.09. The van der Waals surface area contributed by atoms with Gasteiger partial charge in [0.15, 0.2) is 0 Å². The number of sulfonamides is 1. The number of nitrogens with one attached hydrogen (secondary N) is 1. The van der Waals surface area contributed by atoms with Crippen molar-refractivity contribution >= 4 is 26.0 Å². The highest BCUT2D eigenvalue weighted by Gasteiger charge is 2.22. The van der Waals surface area contributed by atoms with E-state index < -0.39 is 10.0 Å². The number of aromatic nitrogens is 1. The Kier molecular flexibility index (Phi) is 6.16. The lowest BCUT2D eigenvalue weighted by Gasteiger charge is -2.35. The van der Waals surface area contributed by atoms with Crippen LogP contribution in [0.5, 0.6) is 0 Å². The van der Waals surface area contributed by atoms with Gasteiger partial charge in [-0.15, -0.1) is 0 Å². The largest absolute Gasteiger partial charge is 0.295 e. The number of halogens is 1. The third kappa shape index (κ3) is 6.02. The molecule has 7 heteroatoms. The smallest absolute Gasteiger partial charge is 0.208 e. The van der Waals surface area contributed by atoms with Gasteiger partial charge in [0.1, 0.15) is 4.60 Å². The van der Waals surface area contributed by atoms with Crippen molar-refractivity contribution in [2.24, 2.45) is 0 Å². The van der Waals surface area contributed by atoms with Crippen LogP contribution in [0.25, 0.3) is 0 Å². The van der Waals surface area contributed by atoms with E-state index in [2.05, 4.69) is 30.5 Å². The van der Waals surface area contributed by atoms with Crippen molar-refractivity contribution in [2.75, 3.05) is 19.3 Å². The minimum absolute atomic E-state index is 0.425. The number of likely N-dealkylation sites (tertiary alicyclic amines) is 1. The Morgan fingerprint density at radius 1 is 1.43 bits per heavy atom. The molecule has 118 valence electrons. The summed E-state index contributed by atoms with van der Waals surface area (Å²) < 4.78 is 25.7. The van der Waals surface area contributed by atoms with Crippen LogP contribution >= 0.6 is 15.9 Å². The van der Waals surface area contributed by atoms with Crippen molar-refractivity contribution in [1.29, 1.82) is 0 Å². The van der Waals surface area contributed by atoms with Crippen LogP contribution in [0.2, 0.25) is 0 Å². The second-order valence-electron chi connectivity index (χ2n) is 5.53. The molecule has 0 amide bonds. The van der Waals surface area contributed by atoms with E-state index in [1.54, 1.807) is 0 Å². The van der Waals surface area contributed by atoms with Crippen LogP contribution in [0.15, 0.2) is 22.8 Å². The fourth-order valence-electron chi connectivity index (χ4n) is 2.75. The summed E-state index contributed by atoms with van der Waals surface area (Å²) in [5.41, 5.74) is 1.05. The van der Waals surface area contributed by atoms with Gasteiger partial charge in [-0.25, -0.2) is 18.1 Å². The Morgan fingerprint density at radius 3 is 2.95 bits per heavy atom. The van der Waals surface area contributed by atoms with E-state index in [9.17, 15) is 8.42 Å². The third-order valence-corrected chi connectivity index (χ3v) is 4.90. The maximum absolute atomic E-state index is 11.1. The van der Waals surface area contributed by atoms with Crippen molar-refractivity contribution in [3.63, 3.8) is 0 Å². The molecule has 1 aliphatic rings. The van der Waals surface area contributed by atoms with Gasteiger partial charge in [-0.2, -0.15) is 0 Å². The molecule has 1 aromatic heterocycles. The zero-order chi connectivity index (χ0) is 15.3. The van der Waals surface area contributed by atoms with E-state index in [1.165, 1.54) is 19.1 Å². The SMILES string of the molecule is CS(=O)(=O)NCC[C@@H]1CCCCN1Cc1cccc(Br)n1. The van der Waals surface area contributed by atoms with Crippen LogP contribution in [0.1, 0.15) is 31.4 Å². The number of pyridine rings is 1. The summed E-state index contributed by atoms with van der Waals surface area (Å²) in [6.07, 6.45) is 5.59. The van der Waals surface area contributed by atoms with Crippen LogP contribution in [0, 0.1) is 0 Å². The van der Waals surface area contributed by atoms with Gasteiger partial charge in [0, 0.05) is 19.1 Å². The number of hydrogen-bond acceptors (Lipinski definition) is 4. The molecule has 2 rings (SSSR count). The maximum Gasteiger partial charge on any atom is 0.208 e. The molecule has 1 N–H and O–H groups in total. The van der Waals surface area contributed by atoms with Crippen molar-refractivity contribution in [2.45, 2.75) is 38.3 Å². The predicted octanol–water partition coefficient (Wildman–Crippen LogP) is 2.14. The number of nitrogens with zero attached hydrogens (tertiary/aromatic N) is 2. The van der Waals surface area contributed by atoms with Crippen molar-refractivity contribution in [3.8, 4) is 0 Å². The van der Waals surface area contributed by atoms with E-state index >= 15 is 0 Å². The van der Waals surface area contributed by atoms with Gasteiger partial charge in [-0.05, 0) is 53.9 Å². The number of hydrogen-bond donors (Lipinski definition) is 1. The van der Waals surface area contributed by atoms with Crippen molar-refractivity contribution in [3.05, 3.63) is 28.5 Å². The van der Waals surface area contributed by atoms with Gasteiger partial charge in [0.25, 0.3) is 0 Å². The van der Waals surface area contributed by atoms with E-state index in [0.717, 1.165) is 36.2 Å². The van der Waals surface area contributed by atoms with Crippen LogP contribution in [0.4, 0.5) is 0 Å². The molecule has 0 aliphatic carbocycles. The summed E-state index contributed by atoms with van der Waals surface area (Å²) in [6, 6.07) is 6.38. The molecule has 1 aliphatic heterocycles. The van der Waals surface area contributed by atoms with E-state index in [4.69, 9.17) is 0 Å². The van der Waals surface area contributed by atoms with Gasteiger partial charge in [0.2, 0.25) is 10.0 Å².